The van der Waals surface area contributed by atoms with E-state index in [9.17, 15) is 13.9 Å². The number of terminal acetylenes is 1. The van der Waals surface area contributed by atoms with Gasteiger partial charge in [-0.3, -0.25) is 9.88 Å². The molecule has 5 heterocycles. The van der Waals surface area contributed by atoms with Gasteiger partial charge in [-0.25, -0.2) is 13.2 Å². The van der Waals surface area contributed by atoms with Gasteiger partial charge in [-0.05, 0) is 43.0 Å². The second-order valence-corrected chi connectivity index (χ2v) is 11.7. The van der Waals surface area contributed by atoms with Crippen LogP contribution in [0.5, 0.6) is 11.8 Å². The van der Waals surface area contributed by atoms with Gasteiger partial charge < -0.3 is 14.7 Å². The molecule has 11 heteroatoms. The predicted molar refractivity (Wildman–Crippen MR) is 150 cm³/mol. The van der Waals surface area contributed by atoms with Gasteiger partial charge in [0.05, 0.1) is 21.9 Å². The number of hydrogen-bond acceptors (Lipinski definition) is 7. The smallest absolute Gasteiger partial charge is 0.319 e. The highest BCUT2D eigenvalue weighted by atomic mass is 35.5. The lowest BCUT2D eigenvalue weighted by atomic mass is 9.95. The van der Waals surface area contributed by atoms with Crippen molar-refractivity contribution >= 4 is 39.1 Å². The number of fused-ring (bicyclic) bond motifs is 3. The maximum atomic E-state index is 16.4. The van der Waals surface area contributed by atoms with Crippen molar-refractivity contribution in [3.05, 3.63) is 47.7 Å². The average Bonchev–Trinajstić information content (AvgIpc) is 3.45. The van der Waals surface area contributed by atoms with E-state index in [1.807, 2.05) is 4.90 Å². The summed E-state index contributed by atoms with van der Waals surface area (Å²) in [7, 11) is 0. The summed E-state index contributed by atoms with van der Waals surface area (Å²) in [6.45, 7) is 2.36. The van der Waals surface area contributed by atoms with Gasteiger partial charge in [0.15, 0.2) is 5.82 Å². The number of hydrogen-bond donors (Lipinski definition) is 1. The van der Waals surface area contributed by atoms with Crippen LogP contribution in [0.15, 0.2) is 30.5 Å². The highest BCUT2D eigenvalue weighted by Crippen LogP contribution is 2.42. The molecule has 4 aromatic rings. The van der Waals surface area contributed by atoms with Crippen LogP contribution in [0.4, 0.5) is 19.0 Å². The minimum Gasteiger partial charge on any atom is -0.508 e. The van der Waals surface area contributed by atoms with Crippen LogP contribution in [0.3, 0.4) is 0 Å². The number of ether oxygens (including phenoxy) is 1. The van der Waals surface area contributed by atoms with Crippen molar-refractivity contribution in [3.63, 3.8) is 0 Å². The van der Waals surface area contributed by atoms with Gasteiger partial charge in [0, 0.05) is 43.2 Å². The summed E-state index contributed by atoms with van der Waals surface area (Å²) in [6, 6.07) is 5.34. The molecular formula is C30H25ClF3N5O2. The minimum absolute atomic E-state index is 0.0405. The third-order valence-corrected chi connectivity index (χ3v) is 8.74. The summed E-state index contributed by atoms with van der Waals surface area (Å²) in [6.07, 6.45) is 8.26. The molecule has 0 saturated carbocycles. The molecule has 3 saturated heterocycles. The zero-order chi connectivity index (χ0) is 28.5. The molecule has 210 valence electrons. The molecule has 3 aliphatic heterocycles. The molecule has 3 aliphatic rings. The first-order valence-corrected chi connectivity index (χ1v) is 13.9. The number of nitrogens with zero attached hydrogens (tertiary/aromatic N) is 5. The second kappa shape index (κ2) is 9.64. The first kappa shape index (κ1) is 26.1. The Kier molecular flexibility index (Phi) is 6.14. The minimum atomic E-state index is -0.922. The lowest BCUT2D eigenvalue weighted by molar-refractivity contribution is 0.107. The van der Waals surface area contributed by atoms with Gasteiger partial charge >= 0.3 is 6.01 Å². The summed E-state index contributed by atoms with van der Waals surface area (Å²) in [5.41, 5.74) is -0.596. The Morgan fingerprint density at radius 1 is 1.20 bits per heavy atom. The molecule has 2 atom stereocenters. The van der Waals surface area contributed by atoms with Crippen molar-refractivity contribution in [2.24, 2.45) is 0 Å². The molecule has 7 rings (SSSR count). The van der Waals surface area contributed by atoms with E-state index in [2.05, 4.69) is 25.8 Å². The fraction of sp³-hybridized carbons (Fsp3) is 0.367. The molecular weight excluding hydrogens is 555 g/mol. The number of benzene rings is 2. The Labute approximate surface area is 238 Å². The van der Waals surface area contributed by atoms with E-state index in [1.54, 1.807) is 0 Å². The summed E-state index contributed by atoms with van der Waals surface area (Å²) in [5.74, 6) is 1.15. The number of aromatic hydroxyl groups is 1. The summed E-state index contributed by atoms with van der Waals surface area (Å²) in [5, 5.41) is 11.4. The van der Waals surface area contributed by atoms with E-state index in [-0.39, 0.29) is 51.5 Å². The molecule has 0 amide bonds. The molecule has 2 aromatic heterocycles. The summed E-state index contributed by atoms with van der Waals surface area (Å²) >= 11 is 6.24. The van der Waals surface area contributed by atoms with Crippen molar-refractivity contribution in [1.29, 1.82) is 0 Å². The van der Waals surface area contributed by atoms with Gasteiger partial charge in [-0.1, -0.05) is 12.0 Å². The Hall–Kier alpha value is -3.81. The Bertz CT molecular complexity index is 1760. The second-order valence-electron chi connectivity index (χ2n) is 11.0. The lowest BCUT2D eigenvalue weighted by Gasteiger charge is -2.37. The first-order chi connectivity index (χ1) is 19.8. The molecule has 41 heavy (non-hydrogen) atoms. The highest BCUT2D eigenvalue weighted by molar-refractivity contribution is 6.22. The fourth-order valence-corrected chi connectivity index (χ4v) is 6.85. The van der Waals surface area contributed by atoms with Crippen LogP contribution in [-0.4, -0.2) is 74.8 Å². The number of anilines is 1. The molecule has 0 aliphatic carbocycles. The van der Waals surface area contributed by atoms with E-state index in [0.29, 0.717) is 42.6 Å². The van der Waals surface area contributed by atoms with E-state index in [1.165, 1.54) is 30.5 Å². The molecule has 3 fully saturated rings. The van der Waals surface area contributed by atoms with Crippen LogP contribution in [-0.2, 0) is 0 Å². The van der Waals surface area contributed by atoms with Crippen molar-refractivity contribution in [2.45, 2.75) is 36.4 Å². The SMILES string of the molecule is C#Cc1c(F)ccc2cc(O)cc(-c3ncc4c(N5CC(Cl)C5)nc(OCC56CCCN5CC(F)C6)nc4c3F)c12. The Morgan fingerprint density at radius 3 is 2.80 bits per heavy atom. The number of aromatic nitrogens is 3. The normalized spacial score (nSPS) is 22.7. The van der Waals surface area contributed by atoms with Crippen molar-refractivity contribution < 1.29 is 23.0 Å². The predicted octanol–water partition coefficient (Wildman–Crippen LogP) is 5.19. The molecule has 2 aromatic carbocycles. The highest BCUT2D eigenvalue weighted by Gasteiger charge is 2.49. The molecule has 0 spiro atoms. The summed E-state index contributed by atoms with van der Waals surface area (Å²) < 4.78 is 51.5. The van der Waals surface area contributed by atoms with Crippen LogP contribution < -0.4 is 9.64 Å². The third kappa shape index (κ3) is 4.21. The zero-order valence-corrected chi connectivity index (χ0v) is 22.6. The number of pyridine rings is 1. The average molecular weight is 580 g/mol. The van der Waals surface area contributed by atoms with E-state index in [0.717, 1.165) is 19.4 Å². The lowest BCUT2D eigenvalue weighted by Crippen LogP contribution is -2.48. The fourth-order valence-electron chi connectivity index (χ4n) is 6.51. The third-order valence-electron chi connectivity index (χ3n) is 8.46. The van der Waals surface area contributed by atoms with Crippen LogP contribution in [0.2, 0.25) is 0 Å². The van der Waals surface area contributed by atoms with E-state index < -0.39 is 23.3 Å². The molecule has 0 radical (unpaired) electrons. The number of rotatable bonds is 5. The van der Waals surface area contributed by atoms with E-state index >= 15 is 4.39 Å². The molecule has 0 bridgehead atoms. The Balaban J connectivity index is 1.37. The topological polar surface area (TPSA) is 74.6 Å². The molecule has 7 nitrogen and oxygen atoms in total. The van der Waals surface area contributed by atoms with Crippen LogP contribution in [0.1, 0.15) is 24.8 Å². The first-order valence-electron chi connectivity index (χ1n) is 13.5. The van der Waals surface area contributed by atoms with Gasteiger partial charge in [0.2, 0.25) is 0 Å². The van der Waals surface area contributed by atoms with Crippen molar-refractivity contribution in [2.75, 3.05) is 37.7 Å². The van der Waals surface area contributed by atoms with Gasteiger partial charge in [0.25, 0.3) is 0 Å². The van der Waals surface area contributed by atoms with Gasteiger partial charge in [-0.15, -0.1) is 18.0 Å². The quantitative estimate of drug-likeness (QED) is 0.258. The van der Waals surface area contributed by atoms with Crippen molar-refractivity contribution in [3.8, 4) is 35.4 Å². The zero-order valence-electron chi connectivity index (χ0n) is 21.9. The summed E-state index contributed by atoms with van der Waals surface area (Å²) in [4.78, 5) is 17.4. The molecule has 1 N–H and O–H groups in total. The van der Waals surface area contributed by atoms with E-state index in [4.69, 9.17) is 22.8 Å². The largest absolute Gasteiger partial charge is 0.508 e. The number of phenolic OH excluding ortho intramolecular Hbond substituents is 1. The molecule has 2 unspecified atom stereocenters. The maximum absolute atomic E-state index is 16.4. The van der Waals surface area contributed by atoms with Crippen molar-refractivity contribution in [1.82, 2.24) is 19.9 Å². The van der Waals surface area contributed by atoms with Crippen LogP contribution >= 0.6 is 11.6 Å². The monoisotopic (exact) mass is 579 g/mol. The standard InChI is InChI=1S/C30H25ClF3N5O2/c1-2-20-23(33)5-4-16-8-19(40)9-21(24(16)20)26-25(34)27-22(11-35-26)28(38-12-17(31)13-38)37-29(36-27)41-15-30-6-3-7-39(30)14-18(32)10-30/h1,4-5,8-9,11,17-18,40H,3,6-7,10,12-15H2. The number of alkyl halides is 2. The van der Waals surface area contributed by atoms with Crippen LogP contribution in [0, 0.1) is 24.0 Å². The van der Waals surface area contributed by atoms with Crippen LogP contribution in [0.25, 0.3) is 32.9 Å². The van der Waals surface area contributed by atoms with Gasteiger partial charge in [-0.2, -0.15) is 9.97 Å². The number of phenols is 1. The van der Waals surface area contributed by atoms with Gasteiger partial charge in [0.1, 0.15) is 41.4 Å². The maximum Gasteiger partial charge on any atom is 0.319 e. The Morgan fingerprint density at radius 2 is 2.02 bits per heavy atom. The number of halogens is 4.